The van der Waals surface area contributed by atoms with E-state index in [1.165, 1.54) is 7.11 Å². The van der Waals surface area contributed by atoms with Crippen molar-refractivity contribution in [2.24, 2.45) is 0 Å². The van der Waals surface area contributed by atoms with E-state index in [4.69, 9.17) is 0 Å². The van der Waals surface area contributed by atoms with Crippen LogP contribution in [0.25, 0.3) is 0 Å². The summed E-state index contributed by atoms with van der Waals surface area (Å²) in [5.74, 6) is -1.16. The molecule has 0 aromatic carbocycles. The first kappa shape index (κ1) is 11.9. The van der Waals surface area contributed by atoms with Gasteiger partial charge in [-0.1, -0.05) is 0 Å². The smallest absolute Gasteiger partial charge is 0.338 e. The van der Waals surface area contributed by atoms with Crippen molar-refractivity contribution in [2.45, 2.75) is 25.4 Å². The number of esters is 2. The first-order valence-corrected chi connectivity index (χ1v) is 3.92. The Kier molecular flexibility index (Phi) is 5.88. The molecule has 1 radical (unpaired) electrons. The maximum Gasteiger partial charge on any atom is 0.338 e. The maximum absolute atomic E-state index is 10.9. The molecule has 0 aromatic heterocycles. The minimum atomic E-state index is -1.39. The molecule has 1 unspecified atom stereocenters. The average Bonchev–Trinajstić information content (AvgIpc) is 2.15. The molecule has 75 valence electrons. The van der Waals surface area contributed by atoms with Crippen LogP contribution in [-0.2, 0) is 24.2 Å². The standard InChI is InChI=1S/C8H13O5/c1-12-7(10)5-3-4-6(9)8(11)13-2/h6H,3-5H2,1-2H3. The van der Waals surface area contributed by atoms with Gasteiger partial charge in [0.25, 0.3) is 0 Å². The number of carbonyl (C=O) groups excluding carboxylic acids is 2. The van der Waals surface area contributed by atoms with Gasteiger partial charge in [-0.15, -0.1) is 0 Å². The van der Waals surface area contributed by atoms with Gasteiger partial charge in [-0.2, -0.15) is 0 Å². The second-order valence-electron chi connectivity index (χ2n) is 2.48. The lowest BCUT2D eigenvalue weighted by Gasteiger charge is -2.04. The van der Waals surface area contributed by atoms with E-state index in [0.29, 0.717) is 6.42 Å². The maximum atomic E-state index is 10.9. The van der Waals surface area contributed by atoms with Crippen LogP contribution >= 0.6 is 0 Å². The van der Waals surface area contributed by atoms with Gasteiger partial charge in [-0.3, -0.25) is 4.79 Å². The van der Waals surface area contributed by atoms with Crippen LogP contribution in [0.1, 0.15) is 19.3 Å². The molecule has 0 amide bonds. The lowest BCUT2D eigenvalue weighted by Crippen LogP contribution is -2.20. The molecule has 0 spiro atoms. The van der Waals surface area contributed by atoms with Crippen LogP contribution in [0.2, 0.25) is 0 Å². The van der Waals surface area contributed by atoms with Crippen molar-refractivity contribution in [1.82, 2.24) is 0 Å². The lowest BCUT2D eigenvalue weighted by molar-refractivity contribution is -0.155. The Morgan fingerprint density at radius 3 is 2.31 bits per heavy atom. The summed E-state index contributed by atoms with van der Waals surface area (Å²) in [5.41, 5.74) is 0. The molecule has 0 aliphatic rings. The molecule has 0 rings (SSSR count). The summed E-state index contributed by atoms with van der Waals surface area (Å²) in [6.45, 7) is 0. The molecule has 0 saturated carbocycles. The number of methoxy groups -OCH3 is 2. The summed E-state index contributed by atoms with van der Waals surface area (Å²) < 4.78 is 8.59. The largest absolute Gasteiger partial charge is 0.469 e. The molecular weight excluding hydrogens is 176 g/mol. The Hall–Kier alpha value is -1.10. The summed E-state index contributed by atoms with van der Waals surface area (Å²) >= 11 is 0. The zero-order valence-electron chi connectivity index (χ0n) is 7.74. The highest BCUT2D eigenvalue weighted by Gasteiger charge is 2.17. The average molecular weight is 189 g/mol. The lowest BCUT2D eigenvalue weighted by atomic mass is 10.1. The molecular formula is C8H13O5. The summed E-state index contributed by atoms with van der Waals surface area (Å²) in [6, 6.07) is 0. The fourth-order valence-electron chi connectivity index (χ4n) is 0.783. The molecule has 5 heteroatoms. The third-order valence-corrected chi connectivity index (χ3v) is 1.54. The van der Waals surface area contributed by atoms with Gasteiger partial charge < -0.3 is 9.47 Å². The molecule has 1 atom stereocenters. The van der Waals surface area contributed by atoms with Gasteiger partial charge in [0.05, 0.1) is 14.2 Å². The van der Waals surface area contributed by atoms with Crippen LogP contribution in [0.15, 0.2) is 0 Å². The van der Waals surface area contributed by atoms with Gasteiger partial charge in [0, 0.05) is 6.42 Å². The molecule has 0 aliphatic carbocycles. The van der Waals surface area contributed by atoms with Gasteiger partial charge in [0.1, 0.15) is 0 Å². The van der Waals surface area contributed by atoms with Crippen molar-refractivity contribution >= 4 is 11.9 Å². The topological polar surface area (TPSA) is 72.5 Å². The van der Waals surface area contributed by atoms with E-state index in [2.05, 4.69) is 9.47 Å². The van der Waals surface area contributed by atoms with Crippen molar-refractivity contribution in [1.29, 1.82) is 0 Å². The van der Waals surface area contributed by atoms with Crippen molar-refractivity contribution in [2.75, 3.05) is 14.2 Å². The van der Waals surface area contributed by atoms with Crippen molar-refractivity contribution < 1.29 is 24.2 Å². The van der Waals surface area contributed by atoms with E-state index in [9.17, 15) is 14.7 Å². The van der Waals surface area contributed by atoms with Crippen molar-refractivity contribution in [3.05, 3.63) is 0 Å². The first-order chi connectivity index (χ1) is 6.11. The molecule has 0 aliphatic heterocycles. The first-order valence-electron chi connectivity index (χ1n) is 3.92. The summed E-state index contributed by atoms with van der Waals surface area (Å²) in [7, 11) is 2.44. The molecule has 0 N–H and O–H groups in total. The van der Waals surface area contributed by atoms with E-state index in [-0.39, 0.29) is 18.8 Å². The minimum Gasteiger partial charge on any atom is -0.469 e. The van der Waals surface area contributed by atoms with Crippen LogP contribution in [-0.4, -0.2) is 32.3 Å². The van der Waals surface area contributed by atoms with Crippen molar-refractivity contribution in [3.63, 3.8) is 0 Å². The van der Waals surface area contributed by atoms with Gasteiger partial charge in [0.2, 0.25) is 0 Å². The Bertz CT molecular complexity index is 177. The summed E-state index contributed by atoms with van der Waals surface area (Å²) in [6.07, 6.45) is -0.793. The zero-order chi connectivity index (χ0) is 10.3. The number of hydrogen-bond donors (Lipinski definition) is 0. The van der Waals surface area contributed by atoms with E-state index < -0.39 is 12.1 Å². The van der Waals surface area contributed by atoms with E-state index in [0.717, 1.165) is 7.11 Å². The fraction of sp³-hybridized carbons (Fsp3) is 0.750. The van der Waals surface area contributed by atoms with Crippen LogP contribution in [0.5, 0.6) is 0 Å². The Balaban J connectivity index is 3.53. The summed E-state index contributed by atoms with van der Waals surface area (Å²) in [4.78, 5) is 21.2. The highest BCUT2D eigenvalue weighted by atomic mass is 16.5. The Morgan fingerprint density at radius 1 is 1.23 bits per heavy atom. The third-order valence-electron chi connectivity index (χ3n) is 1.54. The number of ether oxygens (including phenoxy) is 2. The third kappa shape index (κ3) is 5.19. The Morgan fingerprint density at radius 2 is 1.85 bits per heavy atom. The molecule has 0 saturated heterocycles. The van der Waals surface area contributed by atoms with Gasteiger partial charge in [-0.25, -0.2) is 9.90 Å². The van der Waals surface area contributed by atoms with E-state index in [1.807, 2.05) is 0 Å². The predicted octanol–water partition coefficient (Wildman–Crippen LogP) is 0.302. The fourth-order valence-corrected chi connectivity index (χ4v) is 0.783. The monoisotopic (exact) mass is 189 g/mol. The number of hydrogen-bond acceptors (Lipinski definition) is 4. The summed E-state index contributed by atoms with van der Waals surface area (Å²) in [5, 5.41) is 10.9. The van der Waals surface area contributed by atoms with Crippen LogP contribution < -0.4 is 0 Å². The second kappa shape index (κ2) is 6.42. The highest BCUT2D eigenvalue weighted by Crippen LogP contribution is 2.03. The number of rotatable bonds is 5. The minimum absolute atomic E-state index is 0.0990. The van der Waals surface area contributed by atoms with Crippen LogP contribution in [0, 0.1) is 0 Å². The molecule has 0 heterocycles. The molecule has 5 nitrogen and oxygen atoms in total. The van der Waals surface area contributed by atoms with Crippen LogP contribution in [0.3, 0.4) is 0 Å². The number of carbonyl (C=O) groups is 2. The van der Waals surface area contributed by atoms with Gasteiger partial charge in [0.15, 0.2) is 6.10 Å². The zero-order valence-corrected chi connectivity index (χ0v) is 7.74. The quantitative estimate of drug-likeness (QED) is 0.583. The second-order valence-corrected chi connectivity index (χ2v) is 2.48. The SMILES string of the molecule is COC(=O)CCCC([O])C(=O)OC. The molecule has 0 aromatic rings. The Labute approximate surface area is 76.6 Å². The molecule has 0 fully saturated rings. The van der Waals surface area contributed by atoms with Crippen molar-refractivity contribution in [3.8, 4) is 0 Å². The highest BCUT2D eigenvalue weighted by molar-refractivity contribution is 5.74. The van der Waals surface area contributed by atoms with E-state index >= 15 is 0 Å². The van der Waals surface area contributed by atoms with Gasteiger partial charge >= 0.3 is 11.9 Å². The normalized spacial score (nSPS) is 11.9. The molecule has 0 bridgehead atoms. The van der Waals surface area contributed by atoms with Gasteiger partial charge in [-0.05, 0) is 12.8 Å². The van der Waals surface area contributed by atoms with E-state index in [1.54, 1.807) is 0 Å². The van der Waals surface area contributed by atoms with Crippen LogP contribution in [0.4, 0.5) is 0 Å². The molecule has 13 heavy (non-hydrogen) atoms. The predicted molar refractivity (Wildman–Crippen MR) is 42.4 cm³/mol.